The molecule has 0 amide bonds. The molecular formula is C80H156O17P2. The molecule has 17 nitrogen and oxygen atoms in total. The number of ether oxygens (including phenoxy) is 4. The van der Waals surface area contributed by atoms with Crippen molar-refractivity contribution >= 4 is 39.5 Å². The molecule has 0 spiro atoms. The first kappa shape index (κ1) is 97.1. The summed E-state index contributed by atoms with van der Waals surface area (Å²) in [4.78, 5) is 72.9. The Morgan fingerprint density at radius 2 is 0.465 bits per heavy atom. The minimum atomic E-state index is -4.96. The summed E-state index contributed by atoms with van der Waals surface area (Å²) < 4.78 is 68.6. The maximum absolute atomic E-state index is 13.1. The molecule has 3 N–H and O–H groups in total. The standard InChI is InChI=1S/C80H156O17P2/c1-8-9-10-11-12-13-33-40-47-54-61-77(82)90-67-76(97-80(85)64-57-50-43-36-29-32-39-46-53-60-73(6)7)70-95-99(88,89)93-66-74(81)65-92-98(86,87)94-69-75(68-91-78(83)62-55-48-41-34-27-23-20-16-18-22-26-31-38-45-52-59-72(4)5)96-79(84)63-56-49-42-35-28-24-19-15-14-17-21-25-30-37-44-51-58-71(2)3/h71-76,81H,8-70H2,1-7H3,(H,86,87)(H,88,89)/t74-,75-,76-/m1/s1. The first-order valence-electron chi connectivity index (χ1n) is 41.3. The molecule has 0 aliphatic carbocycles. The van der Waals surface area contributed by atoms with Crippen LogP contribution < -0.4 is 0 Å². The molecule has 5 atom stereocenters. The minimum Gasteiger partial charge on any atom is -0.462 e. The van der Waals surface area contributed by atoms with Crippen LogP contribution in [0.2, 0.25) is 0 Å². The van der Waals surface area contributed by atoms with Crippen LogP contribution in [0.4, 0.5) is 0 Å². The fraction of sp³-hybridized carbons (Fsp3) is 0.950. The zero-order valence-corrected chi connectivity index (χ0v) is 66.8. The van der Waals surface area contributed by atoms with E-state index in [4.69, 9.17) is 37.0 Å². The van der Waals surface area contributed by atoms with Crippen LogP contribution in [0.1, 0.15) is 414 Å². The number of aliphatic hydroxyl groups excluding tert-OH is 1. The first-order valence-corrected chi connectivity index (χ1v) is 44.3. The van der Waals surface area contributed by atoms with Crippen LogP contribution in [-0.2, 0) is 65.4 Å². The molecule has 0 saturated carbocycles. The van der Waals surface area contributed by atoms with E-state index in [9.17, 15) is 43.2 Å². The average Bonchev–Trinajstić information content (AvgIpc) is 1.01. The van der Waals surface area contributed by atoms with E-state index in [1.807, 2.05) is 0 Å². The van der Waals surface area contributed by atoms with Gasteiger partial charge in [0.25, 0.3) is 0 Å². The Labute approximate surface area is 607 Å². The van der Waals surface area contributed by atoms with Gasteiger partial charge in [0.05, 0.1) is 26.4 Å². The highest BCUT2D eigenvalue weighted by molar-refractivity contribution is 7.47. The van der Waals surface area contributed by atoms with E-state index in [0.717, 1.165) is 108 Å². The van der Waals surface area contributed by atoms with Crippen LogP contribution in [0.3, 0.4) is 0 Å². The summed E-state index contributed by atoms with van der Waals surface area (Å²) in [6.45, 7) is 12.0. The lowest BCUT2D eigenvalue weighted by Gasteiger charge is -2.21. The zero-order chi connectivity index (χ0) is 73.0. The van der Waals surface area contributed by atoms with Crippen LogP contribution >= 0.6 is 15.6 Å². The maximum atomic E-state index is 13.1. The van der Waals surface area contributed by atoms with Gasteiger partial charge in [-0.1, -0.05) is 363 Å². The molecule has 0 fully saturated rings. The second kappa shape index (κ2) is 70.4. The van der Waals surface area contributed by atoms with E-state index >= 15 is 0 Å². The lowest BCUT2D eigenvalue weighted by atomic mass is 10.0. The van der Waals surface area contributed by atoms with Crippen LogP contribution in [0.5, 0.6) is 0 Å². The van der Waals surface area contributed by atoms with E-state index in [1.54, 1.807) is 0 Å². The van der Waals surface area contributed by atoms with E-state index in [0.29, 0.717) is 25.7 Å². The molecule has 0 bridgehead atoms. The number of hydrogen-bond donors (Lipinski definition) is 3. The Kier molecular flexibility index (Phi) is 69.0. The van der Waals surface area contributed by atoms with Gasteiger partial charge in [0.1, 0.15) is 19.3 Å². The number of rotatable bonds is 78. The Morgan fingerprint density at radius 3 is 0.687 bits per heavy atom. The quantitative estimate of drug-likeness (QED) is 0.0222. The van der Waals surface area contributed by atoms with Crippen LogP contribution in [0.15, 0.2) is 0 Å². The molecule has 2 unspecified atom stereocenters. The molecular weight excluding hydrogens is 1290 g/mol. The maximum Gasteiger partial charge on any atom is 0.472 e. The number of phosphoric ester groups is 2. The lowest BCUT2D eigenvalue weighted by molar-refractivity contribution is -0.161. The summed E-state index contributed by atoms with van der Waals surface area (Å²) in [5.41, 5.74) is 0. The normalized spacial score (nSPS) is 14.0. The van der Waals surface area contributed by atoms with E-state index in [1.165, 1.54) is 225 Å². The van der Waals surface area contributed by atoms with Crippen molar-refractivity contribution in [2.45, 2.75) is 433 Å². The summed E-state index contributed by atoms with van der Waals surface area (Å²) in [6, 6.07) is 0. The monoisotopic (exact) mass is 1450 g/mol. The van der Waals surface area contributed by atoms with Gasteiger partial charge in [-0.25, -0.2) is 9.13 Å². The number of phosphoric acid groups is 2. The van der Waals surface area contributed by atoms with E-state index in [-0.39, 0.29) is 25.7 Å². The van der Waals surface area contributed by atoms with Gasteiger partial charge >= 0.3 is 39.5 Å². The van der Waals surface area contributed by atoms with Crippen molar-refractivity contribution in [3.8, 4) is 0 Å². The van der Waals surface area contributed by atoms with Crippen LogP contribution in [0.25, 0.3) is 0 Å². The minimum absolute atomic E-state index is 0.105. The number of hydrogen-bond acceptors (Lipinski definition) is 15. The Hall–Kier alpha value is -1.94. The first-order chi connectivity index (χ1) is 47.7. The molecule has 588 valence electrons. The van der Waals surface area contributed by atoms with Gasteiger partial charge in [0.2, 0.25) is 0 Å². The molecule has 0 rings (SSSR count). The molecule has 0 aliphatic rings. The van der Waals surface area contributed by atoms with Gasteiger partial charge in [-0.3, -0.25) is 37.3 Å². The van der Waals surface area contributed by atoms with Crippen LogP contribution in [-0.4, -0.2) is 96.7 Å². The fourth-order valence-electron chi connectivity index (χ4n) is 12.3. The largest absolute Gasteiger partial charge is 0.472 e. The molecule has 0 aromatic carbocycles. The summed E-state index contributed by atoms with van der Waals surface area (Å²) in [5, 5.41) is 10.6. The zero-order valence-electron chi connectivity index (χ0n) is 65.0. The molecule has 0 aromatic heterocycles. The van der Waals surface area contributed by atoms with Gasteiger partial charge in [0, 0.05) is 25.7 Å². The Balaban J connectivity index is 5.23. The van der Waals surface area contributed by atoms with Gasteiger partial charge in [-0.15, -0.1) is 0 Å². The third-order valence-electron chi connectivity index (χ3n) is 18.6. The van der Waals surface area contributed by atoms with E-state index in [2.05, 4.69) is 48.5 Å². The molecule has 0 aliphatic heterocycles. The van der Waals surface area contributed by atoms with Gasteiger partial charge in [-0.05, 0) is 43.4 Å². The van der Waals surface area contributed by atoms with Gasteiger partial charge in [0.15, 0.2) is 12.2 Å². The third-order valence-corrected chi connectivity index (χ3v) is 20.5. The Bertz CT molecular complexity index is 1920. The summed E-state index contributed by atoms with van der Waals surface area (Å²) >= 11 is 0. The highest BCUT2D eigenvalue weighted by atomic mass is 31.2. The molecule has 0 aromatic rings. The average molecular weight is 1450 g/mol. The summed E-state index contributed by atoms with van der Waals surface area (Å²) in [6.07, 6.45) is 58.3. The fourth-order valence-corrected chi connectivity index (χ4v) is 13.9. The molecule has 0 heterocycles. The highest BCUT2D eigenvalue weighted by Gasteiger charge is 2.30. The number of esters is 4. The highest BCUT2D eigenvalue weighted by Crippen LogP contribution is 2.45. The molecule has 19 heteroatoms. The van der Waals surface area contributed by atoms with Crippen molar-refractivity contribution < 1.29 is 80.2 Å². The summed E-state index contributed by atoms with van der Waals surface area (Å²) in [5.74, 6) is 0.239. The summed E-state index contributed by atoms with van der Waals surface area (Å²) in [7, 11) is -9.92. The third kappa shape index (κ3) is 74.1. The smallest absolute Gasteiger partial charge is 0.462 e. The topological polar surface area (TPSA) is 237 Å². The second-order valence-electron chi connectivity index (χ2n) is 30.2. The van der Waals surface area contributed by atoms with Gasteiger partial charge < -0.3 is 33.8 Å². The van der Waals surface area contributed by atoms with Crippen LogP contribution in [0, 0.1) is 17.8 Å². The van der Waals surface area contributed by atoms with Gasteiger partial charge in [-0.2, -0.15) is 0 Å². The van der Waals surface area contributed by atoms with Crippen molar-refractivity contribution in [2.24, 2.45) is 17.8 Å². The lowest BCUT2D eigenvalue weighted by Crippen LogP contribution is -2.30. The molecule has 0 saturated heterocycles. The van der Waals surface area contributed by atoms with Crippen molar-refractivity contribution in [3.63, 3.8) is 0 Å². The predicted octanol–water partition coefficient (Wildman–Crippen LogP) is 23.7. The van der Waals surface area contributed by atoms with Crippen molar-refractivity contribution in [1.82, 2.24) is 0 Å². The predicted molar refractivity (Wildman–Crippen MR) is 405 cm³/mol. The van der Waals surface area contributed by atoms with Crippen molar-refractivity contribution in [3.05, 3.63) is 0 Å². The molecule has 99 heavy (non-hydrogen) atoms. The van der Waals surface area contributed by atoms with Crippen molar-refractivity contribution in [1.29, 1.82) is 0 Å². The SMILES string of the molecule is CCCCCCCCCCCCC(=O)OC[C@H](COP(=O)(O)OC[C@H](O)COP(=O)(O)OC[C@@H](COC(=O)CCCCCCCCCCCCCCCCCC(C)C)OC(=O)CCCCCCCCCCCCCCCCCCC(C)C)OC(=O)CCCCCCCCCCCC(C)C. The number of carbonyl (C=O) groups is 4. The number of aliphatic hydroxyl groups is 1. The second-order valence-corrected chi connectivity index (χ2v) is 33.1. The van der Waals surface area contributed by atoms with E-state index < -0.39 is 97.5 Å². The number of unbranched alkanes of at least 4 members (excludes halogenated alkanes) is 46. The molecule has 0 radical (unpaired) electrons. The Morgan fingerprint density at radius 1 is 0.273 bits per heavy atom. The van der Waals surface area contributed by atoms with Crippen molar-refractivity contribution in [2.75, 3.05) is 39.6 Å². The number of carbonyl (C=O) groups excluding carboxylic acids is 4.